The Labute approximate surface area is 154 Å². The number of hydrogen-bond donors (Lipinski definition) is 1. The maximum Gasteiger partial charge on any atom is 0.227 e. The van der Waals surface area contributed by atoms with E-state index in [2.05, 4.69) is 5.32 Å². The Balaban J connectivity index is 1.59. The van der Waals surface area contributed by atoms with Gasteiger partial charge in [0.25, 0.3) is 0 Å². The van der Waals surface area contributed by atoms with Crippen molar-refractivity contribution in [2.75, 3.05) is 11.4 Å². The zero-order valence-electron chi connectivity index (χ0n) is 15.1. The van der Waals surface area contributed by atoms with Crippen LogP contribution in [0.1, 0.15) is 25.8 Å². The fourth-order valence-electron chi connectivity index (χ4n) is 3.00. The van der Waals surface area contributed by atoms with Crippen LogP contribution in [0.25, 0.3) is 0 Å². The highest BCUT2D eigenvalue weighted by atomic mass is 16.5. The number of nitrogens with zero attached hydrogens (tertiary/aromatic N) is 1. The number of anilines is 1. The molecule has 2 amide bonds. The van der Waals surface area contributed by atoms with Crippen molar-refractivity contribution < 1.29 is 14.3 Å². The van der Waals surface area contributed by atoms with Gasteiger partial charge in [-0.25, -0.2) is 0 Å². The summed E-state index contributed by atoms with van der Waals surface area (Å²) in [7, 11) is 0. The normalized spacial score (nSPS) is 16.8. The minimum Gasteiger partial charge on any atom is -0.489 e. The molecule has 1 aliphatic rings. The summed E-state index contributed by atoms with van der Waals surface area (Å²) in [6.07, 6.45) is 0.255. The number of nitrogens with one attached hydrogen (secondary N) is 1. The third-order valence-electron chi connectivity index (χ3n) is 4.32. The maximum absolute atomic E-state index is 12.3. The van der Waals surface area contributed by atoms with Crippen LogP contribution in [-0.2, 0) is 16.2 Å². The summed E-state index contributed by atoms with van der Waals surface area (Å²) < 4.78 is 5.77. The number of carbonyl (C=O) groups excluding carboxylic acids is 2. The Kier molecular flexibility index (Phi) is 5.56. The van der Waals surface area contributed by atoms with Crippen LogP contribution < -0.4 is 15.0 Å². The summed E-state index contributed by atoms with van der Waals surface area (Å²) in [6.45, 7) is 4.75. The highest BCUT2D eigenvalue weighted by Crippen LogP contribution is 2.27. The van der Waals surface area contributed by atoms with E-state index in [0.29, 0.717) is 13.2 Å². The van der Waals surface area contributed by atoms with Crippen molar-refractivity contribution >= 4 is 17.5 Å². The Hall–Kier alpha value is -2.82. The van der Waals surface area contributed by atoms with E-state index < -0.39 is 0 Å². The van der Waals surface area contributed by atoms with Crippen molar-refractivity contribution in [2.24, 2.45) is 5.92 Å². The van der Waals surface area contributed by atoms with Crippen LogP contribution >= 0.6 is 0 Å². The number of benzene rings is 2. The van der Waals surface area contributed by atoms with Crippen molar-refractivity contribution in [3.63, 3.8) is 0 Å². The molecule has 1 saturated heterocycles. The lowest BCUT2D eigenvalue weighted by Crippen LogP contribution is -2.36. The van der Waals surface area contributed by atoms with Crippen molar-refractivity contribution in [1.29, 1.82) is 0 Å². The third-order valence-corrected chi connectivity index (χ3v) is 4.32. The van der Waals surface area contributed by atoms with Crippen molar-refractivity contribution in [2.45, 2.75) is 32.9 Å². The van der Waals surface area contributed by atoms with Crippen LogP contribution in [0, 0.1) is 5.92 Å². The number of hydrogen-bond acceptors (Lipinski definition) is 3. The molecule has 3 rings (SSSR count). The lowest BCUT2D eigenvalue weighted by atomic mass is 10.1. The monoisotopic (exact) mass is 352 g/mol. The van der Waals surface area contributed by atoms with Crippen molar-refractivity contribution in [1.82, 2.24) is 5.32 Å². The summed E-state index contributed by atoms with van der Waals surface area (Å²) in [5, 5.41) is 2.88. The van der Waals surface area contributed by atoms with Gasteiger partial charge in [-0.15, -0.1) is 0 Å². The van der Waals surface area contributed by atoms with Gasteiger partial charge < -0.3 is 15.0 Å². The smallest absolute Gasteiger partial charge is 0.227 e. The lowest BCUT2D eigenvalue weighted by Gasteiger charge is -2.18. The van der Waals surface area contributed by atoms with E-state index in [-0.39, 0.29) is 30.2 Å². The molecule has 1 aliphatic heterocycles. The fourth-order valence-corrected chi connectivity index (χ4v) is 3.00. The molecular formula is C21H24N2O3. The first-order valence-electron chi connectivity index (χ1n) is 8.90. The fraction of sp³-hybridized carbons (Fsp3) is 0.333. The first-order chi connectivity index (χ1) is 12.5. The molecule has 0 aliphatic carbocycles. The van der Waals surface area contributed by atoms with Crippen LogP contribution in [0.3, 0.4) is 0 Å². The quantitative estimate of drug-likeness (QED) is 0.869. The Bertz CT molecular complexity index is 757. The molecule has 2 aromatic rings. The zero-order valence-corrected chi connectivity index (χ0v) is 15.1. The molecule has 136 valence electrons. The van der Waals surface area contributed by atoms with Crippen molar-refractivity contribution in [3.05, 3.63) is 60.2 Å². The molecule has 2 aromatic carbocycles. The molecule has 0 spiro atoms. The summed E-state index contributed by atoms with van der Waals surface area (Å²) in [6, 6.07) is 17.5. The number of carbonyl (C=O) groups is 2. The zero-order chi connectivity index (χ0) is 18.5. The minimum atomic E-state index is -0.293. The summed E-state index contributed by atoms with van der Waals surface area (Å²) in [5.41, 5.74) is 1.90. The minimum absolute atomic E-state index is 0.0214. The van der Waals surface area contributed by atoms with E-state index in [9.17, 15) is 9.59 Å². The highest BCUT2D eigenvalue weighted by molar-refractivity contribution is 6.00. The van der Waals surface area contributed by atoms with E-state index in [1.165, 1.54) is 0 Å². The molecule has 5 heteroatoms. The molecule has 0 radical (unpaired) electrons. The average Bonchev–Trinajstić information content (AvgIpc) is 3.03. The molecular weight excluding hydrogens is 328 g/mol. The Morgan fingerprint density at radius 3 is 2.50 bits per heavy atom. The average molecular weight is 352 g/mol. The molecule has 0 saturated carbocycles. The van der Waals surface area contributed by atoms with Crippen molar-refractivity contribution in [3.8, 4) is 5.75 Å². The van der Waals surface area contributed by atoms with E-state index >= 15 is 0 Å². The van der Waals surface area contributed by atoms with Gasteiger partial charge in [-0.1, -0.05) is 30.3 Å². The van der Waals surface area contributed by atoms with Gasteiger partial charge >= 0.3 is 0 Å². The maximum atomic E-state index is 12.3. The van der Waals surface area contributed by atoms with Crippen LogP contribution in [-0.4, -0.2) is 24.4 Å². The Morgan fingerprint density at radius 2 is 1.85 bits per heavy atom. The van der Waals surface area contributed by atoms with Gasteiger partial charge in [0.1, 0.15) is 12.4 Å². The molecule has 0 aromatic heterocycles. The van der Waals surface area contributed by atoms with Crippen LogP contribution in [0.15, 0.2) is 54.6 Å². The number of rotatable bonds is 6. The topological polar surface area (TPSA) is 58.6 Å². The lowest BCUT2D eigenvalue weighted by molar-refractivity contribution is -0.126. The molecule has 1 N–H and O–H groups in total. The largest absolute Gasteiger partial charge is 0.489 e. The highest BCUT2D eigenvalue weighted by Gasteiger charge is 2.35. The molecule has 26 heavy (non-hydrogen) atoms. The van der Waals surface area contributed by atoms with E-state index in [1.54, 1.807) is 4.90 Å². The van der Waals surface area contributed by atoms with Gasteiger partial charge in [-0.05, 0) is 43.7 Å². The van der Waals surface area contributed by atoms with Crippen LogP contribution in [0.5, 0.6) is 5.75 Å². The second kappa shape index (κ2) is 8.04. The number of amides is 2. The molecule has 1 fully saturated rings. The first-order valence-corrected chi connectivity index (χ1v) is 8.90. The van der Waals surface area contributed by atoms with Gasteiger partial charge in [0, 0.05) is 24.7 Å². The van der Waals surface area contributed by atoms with Gasteiger partial charge in [0.15, 0.2) is 0 Å². The summed E-state index contributed by atoms with van der Waals surface area (Å²) >= 11 is 0. The molecule has 1 atom stereocenters. The van der Waals surface area contributed by atoms with Gasteiger partial charge in [0.2, 0.25) is 11.8 Å². The van der Waals surface area contributed by atoms with Gasteiger partial charge in [0.05, 0.1) is 5.92 Å². The standard InChI is InChI=1S/C21H24N2O3/c1-15(2)22-21(25)17-12-20(24)23(13-17)18-8-10-19(11-9-18)26-14-16-6-4-3-5-7-16/h3-11,15,17H,12-14H2,1-2H3,(H,22,25). The van der Waals surface area contributed by atoms with Crippen LogP contribution in [0.4, 0.5) is 5.69 Å². The Morgan fingerprint density at radius 1 is 1.15 bits per heavy atom. The van der Waals surface area contributed by atoms with E-state index in [0.717, 1.165) is 17.0 Å². The second-order valence-electron chi connectivity index (χ2n) is 6.84. The molecule has 1 unspecified atom stereocenters. The summed E-state index contributed by atoms with van der Waals surface area (Å²) in [4.78, 5) is 26.1. The molecule has 0 bridgehead atoms. The first kappa shape index (κ1) is 18.0. The van der Waals surface area contributed by atoms with Crippen LogP contribution in [0.2, 0.25) is 0 Å². The predicted octanol–water partition coefficient (Wildman–Crippen LogP) is 3.14. The predicted molar refractivity (Wildman–Crippen MR) is 101 cm³/mol. The number of ether oxygens (including phenoxy) is 1. The molecule has 5 nitrogen and oxygen atoms in total. The van der Waals surface area contributed by atoms with Gasteiger partial charge in [-0.2, -0.15) is 0 Å². The third kappa shape index (κ3) is 4.42. The summed E-state index contributed by atoms with van der Waals surface area (Å²) in [5.74, 6) is 0.378. The SMILES string of the molecule is CC(C)NC(=O)C1CC(=O)N(c2ccc(OCc3ccccc3)cc2)C1. The second-order valence-corrected chi connectivity index (χ2v) is 6.84. The molecule has 1 heterocycles. The van der Waals surface area contributed by atoms with Gasteiger partial charge in [-0.3, -0.25) is 9.59 Å². The van der Waals surface area contributed by atoms with E-state index in [1.807, 2.05) is 68.4 Å². The van der Waals surface area contributed by atoms with E-state index in [4.69, 9.17) is 4.74 Å².